The summed E-state index contributed by atoms with van der Waals surface area (Å²) in [5.41, 5.74) is 4.69. The number of hydrogen-bond donors (Lipinski definition) is 2. The van der Waals surface area contributed by atoms with Gasteiger partial charge in [-0.05, 0) is 55.3 Å². The van der Waals surface area contributed by atoms with Crippen LogP contribution < -0.4 is 11.0 Å². The van der Waals surface area contributed by atoms with Gasteiger partial charge in [-0.15, -0.1) is 0 Å². The Balaban J connectivity index is 1.12. The number of nitrogens with zero attached hydrogens (tertiary/aromatic N) is 3. The number of methoxy groups -OCH3 is 1. The normalized spacial score (nSPS) is 17.6. The SMILES string of the molecule is COCCN1C(=O)c2ccccc2C1Nc1ccc(C(=O)N2CCC(n3c(=O)[nH]c4ccccc43)CC2)cc1. The van der Waals surface area contributed by atoms with Crippen LogP contribution in [0.1, 0.15) is 51.3 Å². The highest BCUT2D eigenvalue weighted by molar-refractivity contribution is 5.99. The molecule has 9 nitrogen and oxygen atoms in total. The van der Waals surface area contributed by atoms with Crippen LogP contribution in [0.25, 0.3) is 11.0 Å². The lowest BCUT2D eigenvalue weighted by atomic mass is 10.0. The van der Waals surface area contributed by atoms with Crippen molar-refractivity contribution < 1.29 is 14.3 Å². The van der Waals surface area contributed by atoms with E-state index in [1.165, 1.54) is 0 Å². The molecule has 2 aliphatic heterocycles. The zero-order chi connectivity index (χ0) is 26.9. The maximum Gasteiger partial charge on any atom is 0.326 e. The van der Waals surface area contributed by atoms with E-state index >= 15 is 0 Å². The highest BCUT2D eigenvalue weighted by Crippen LogP contribution is 2.34. The second kappa shape index (κ2) is 10.4. The summed E-state index contributed by atoms with van der Waals surface area (Å²) in [4.78, 5) is 45.4. The van der Waals surface area contributed by atoms with Gasteiger partial charge in [0.1, 0.15) is 6.17 Å². The number of aromatic amines is 1. The van der Waals surface area contributed by atoms with Crippen LogP contribution in [0.15, 0.2) is 77.6 Å². The Kier molecular flexibility index (Phi) is 6.66. The Morgan fingerprint density at radius 2 is 1.69 bits per heavy atom. The van der Waals surface area contributed by atoms with E-state index in [0.29, 0.717) is 37.4 Å². The van der Waals surface area contributed by atoms with Crippen LogP contribution in [0.4, 0.5) is 5.69 Å². The summed E-state index contributed by atoms with van der Waals surface area (Å²) in [5.74, 6) is -0.0420. The number of H-pyrrole nitrogens is 1. The number of aromatic nitrogens is 2. The lowest BCUT2D eigenvalue weighted by Gasteiger charge is -2.32. The summed E-state index contributed by atoms with van der Waals surface area (Å²) in [6, 6.07) is 22.8. The number of likely N-dealkylation sites (tertiary alicyclic amines) is 1. The molecule has 3 heterocycles. The number of piperidine rings is 1. The van der Waals surface area contributed by atoms with Crippen molar-refractivity contribution >= 4 is 28.5 Å². The van der Waals surface area contributed by atoms with E-state index in [0.717, 1.165) is 35.1 Å². The molecular weight excluding hydrogens is 494 g/mol. The molecule has 2 amide bonds. The van der Waals surface area contributed by atoms with Crippen LogP contribution in [0.5, 0.6) is 0 Å². The van der Waals surface area contributed by atoms with Gasteiger partial charge in [0.05, 0.1) is 17.6 Å². The van der Waals surface area contributed by atoms with Crippen molar-refractivity contribution in [2.45, 2.75) is 25.0 Å². The number of hydrogen-bond acceptors (Lipinski definition) is 5. The van der Waals surface area contributed by atoms with Gasteiger partial charge in [-0.1, -0.05) is 30.3 Å². The van der Waals surface area contributed by atoms with E-state index in [1.54, 1.807) is 12.0 Å². The molecule has 6 rings (SSSR count). The maximum absolute atomic E-state index is 13.3. The van der Waals surface area contributed by atoms with Gasteiger partial charge in [-0.25, -0.2) is 4.79 Å². The molecule has 0 spiro atoms. The zero-order valence-corrected chi connectivity index (χ0v) is 21.8. The first-order chi connectivity index (χ1) is 19.0. The largest absolute Gasteiger partial charge is 0.383 e. The summed E-state index contributed by atoms with van der Waals surface area (Å²) < 4.78 is 7.05. The van der Waals surface area contributed by atoms with Crippen molar-refractivity contribution in [3.05, 3.63) is 100.0 Å². The Labute approximate surface area is 226 Å². The number of imidazole rings is 1. The fourth-order valence-corrected chi connectivity index (χ4v) is 5.76. The van der Waals surface area contributed by atoms with Crippen LogP contribution in [0, 0.1) is 0 Å². The number of benzene rings is 3. The van der Waals surface area contributed by atoms with Crippen molar-refractivity contribution in [3.63, 3.8) is 0 Å². The van der Waals surface area contributed by atoms with Gasteiger partial charge < -0.3 is 24.8 Å². The number of ether oxygens (including phenoxy) is 1. The van der Waals surface area contributed by atoms with Gasteiger partial charge in [-0.3, -0.25) is 14.2 Å². The standard InChI is InChI=1S/C30H31N5O4/c1-39-19-18-34-27(23-6-2-3-7-24(23)29(34)37)31-21-12-10-20(11-13-21)28(36)33-16-14-22(15-17-33)35-26-9-5-4-8-25(26)32-30(35)38/h2-13,22,27,31H,14-19H2,1H3,(H,32,38). The molecule has 0 bridgehead atoms. The molecule has 4 aromatic rings. The quantitative estimate of drug-likeness (QED) is 0.380. The third kappa shape index (κ3) is 4.59. The van der Waals surface area contributed by atoms with Crippen molar-refractivity contribution in [2.24, 2.45) is 0 Å². The molecule has 1 aromatic heterocycles. The third-order valence-electron chi connectivity index (χ3n) is 7.77. The van der Waals surface area contributed by atoms with Crippen molar-refractivity contribution in [2.75, 3.05) is 38.7 Å². The first-order valence-corrected chi connectivity index (χ1v) is 13.3. The predicted molar refractivity (Wildman–Crippen MR) is 149 cm³/mol. The number of para-hydroxylation sites is 2. The number of carbonyl (C=O) groups excluding carboxylic acids is 2. The Bertz CT molecular complexity index is 1570. The second-order valence-corrected chi connectivity index (χ2v) is 10.0. The van der Waals surface area contributed by atoms with E-state index < -0.39 is 0 Å². The average Bonchev–Trinajstić information content (AvgIpc) is 3.45. The van der Waals surface area contributed by atoms with Crippen molar-refractivity contribution in [1.29, 1.82) is 0 Å². The predicted octanol–water partition coefficient (Wildman–Crippen LogP) is 4.02. The van der Waals surface area contributed by atoms with Gasteiger partial charge in [0.25, 0.3) is 11.8 Å². The van der Waals surface area contributed by atoms with E-state index in [1.807, 2.05) is 82.3 Å². The topological polar surface area (TPSA) is 99.7 Å². The summed E-state index contributed by atoms with van der Waals surface area (Å²) in [6.07, 6.45) is 1.14. The molecule has 0 aliphatic carbocycles. The summed E-state index contributed by atoms with van der Waals surface area (Å²) in [7, 11) is 1.62. The molecule has 0 radical (unpaired) electrons. The minimum Gasteiger partial charge on any atom is -0.383 e. The van der Waals surface area contributed by atoms with Gasteiger partial charge in [0, 0.05) is 55.2 Å². The lowest BCUT2D eigenvalue weighted by molar-refractivity contribution is 0.0673. The Morgan fingerprint density at radius 1 is 0.974 bits per heavy atom. The van der Waals surface area contributed by atoms with Crippen LogP contribution in [-0.2, 0) is 4.74 Å². The van der Waals surface area contributed by atoms with Crippen molar-refractivity contribution in [3.8, 4) is 0 Å². The van der Waals surface area contributed by atoms with Gasteiger partial charge in [0.15, 0.2) is 0 Å². The van der Waals surface area contributed by atoms with Gasteiger partial charge in [0.2, 0.25) is 0 Å². The Morgan fingerprint density at radius 3 is 2.46 bits per heavy atom. The molecular formula is C30H31N5O4. The number of carbonyl (C=O) groups is 2. The number of rotatable bonds is 7. The molecule has 9 heteroatoms. The molecule has 1 unspecified atom stereocenters. The monoisotopic (exact) mass is 525 g/mol. The van der Waals surface area contributed by atoms with Crippen LogP contribution in [-0.4, -0.2) is 64.5 Å². The number of nitrogens with one attached hydrogen (secondary N) is 2. The molecule has 2 aliphatic rings. The smallest absolute Gasteiger partial charge is 0.326 e. The third-order valence-corrected chi connectivity index (χ3v) is 7.77. The molecule has 1 fully saturated rings. The summed E-state index contributed by atoms with van der Waals surface area (Å²) in [5, 5.41) is 3.46. The number of fused-ring (bicyclic) bond motifs is 2. The fraction of sp³-hybridized carbons (Fsp3) is 0.300. The highest BCUT2D eigenvalue weighted by Gasteiger charge is 2.36. The van der Waals surface area contributed by atoms with Gasteiger partial charge >= 0.3 is 5.69 Å². The minimum absolute atomic E-state index is 0.0191. The molecule has 0 saturated carbocycles. The van der Waals surface area contributed by atoms with Crippen molar-refractivity contribution in [1.82, 2.24) is 19.4 Å². The van der Waals surface area contributed by atoms with Crippen LogP contribution >= 0.6 is 0 Å². The van der Waals surface area contributed by atoms with Crippen LogP contribution in [0.3, 0.4) is 0 Å². The molecule has 1 atom stereocenters. The maximum atomic E-state index is 13.3. The molecule has 39 heavy (non-hydrogen) atoms. The van der Waals surface area contributed by atoms with E-state index in [2.05, 4.69) is 10.3 Å². The minimum atomic E-state index is -0.308. The summed E-state index contributed by atoms with van der Waals surface area (Å²) in [6.45, 7) is 2.09. The number of amides is 2. The molecule has 3 aromatic carbocycles. The average molecular weight is 526 g/mol. The number of anilines is 1. The zero-order valence-electron chi connectivity index (χ0n) is 21.8. The lowest BCUT2D eigenvalue weighted by Crippen LogP contribution is -2.40. The van der Waals surface area contributed by atoms with Gasteiger partial charge in [-0.2, -0.15) is 0 Å². The van der Waals surface area contributed by atoms with E-state index in [-0.39, 0.29) is 29.7 Å². The first kappa shape index (κ1) is 24.9. The van der Waals surface area contributed by atoms with E-state index in [4.69, 9.17) is 4.74 Å². The second-order valence-electron chi connectivity index (χ2n) is 10.0. The summed E-state index contributed by atoms with van der Waals surface area (Å²) >= 11 is 0. The highest BCUT2D eigenvalue weighted by atomic mass is 16.5. The van der Waals surface area contributed by atoms with E-state index in [9.17, 15) is 14.4 Å². The molecule has 2 N–H and O–H groups in total. The molecule has 200 valence electrons. The Hall–Kier alpha value is -4.37. The first-order valence-electron chi connectivity index (χ1n) is 13.3. The molecule has 1 saturated heterocycles. The fourth-order valence-electron chi connectivity index (χ4n) is 5.76. The van der Waals surface area contributed by atoms with Crippen LogP contribution in [0.2, 0.25) is 0 Å².